The van der Waals surface area contributed by atoms with Crippen LogP contribution in [0.1, 0.15) is 5.56 Å². The number of halogens is 3. The average Bonchev–Trinajstić information content (AvgIpc) is 3.12. The number of rotatable bonds is 5. The van der Waals surface area contributed by atoms with Gasteiger partial charge in [-0.25, -0.2) is 10.4 Å². The number of carbonyl (C=O) groups is 1. The van der Waals surface area contributed by atoms with Gasteiger partial charge in [0.1, 0.15) is 11.4 Å². The van der Waals surface area contributed by atoms with Crippen LogP contribution >= 0.6 is 11.3 Å². The minimum Gasteiger partial charge on any atom is -0.494 e. The van der Waals surface area contributed by atoms with E-state index < -0.39 is 32.6 Å². The summed E-state index contributed by atoms with van der Waals surface area (Å²) in [7, 11) is -3.12. The summed E-state index contributed by atoms with van der Waals surface area (Å²) in [5.41, 5.74) is 1.59. The minimum atomic E-state index is -4.60. The fourth-order valence-corrected chi connectivity index (χ4v) is 4.34. The van der Waals surface area contributed by atoms with Crippen LogP contribution in [-0.4, -0.2) is 32.8 Å². The van der Waals surface area contributed by atoms with E-state index in [1.165, 1.54) is 6.20 Å². The van der Waals surface area contributed by atoms with E-state index >= 15 is 0 Å². The molecule has 13 heteroatoms. The molecular weight excluding hydrogens is 421 g/mol. The second-order valence-electron chi connectivity index (χ2n) is 5.45. The van der Waals surface area contributed by atoms with Crippen molar-refractivity contribution < 1.29 is 31.1 Å². The molecule has 0 aliphatic carbocycles. The SMILES string of the molecule is COc1cc(C(F)(F)F)ccc1N1NCC(=O)C=C1S(=O)(=O)Nc1nccs1. The number of thiazole rings is 1. The highest BCUT2D eigenvalue weighted by molar-refractivity contribution is 7.96. The van der Waals surface area contributed by atoms with Crippen LogP contribution < -0.4 is 19.9 Å². The van der Waals surface area contributed by atoms with Gasteiger partial charge in [0.25, 0.3) is 10.0 Å². The van der Waals surface area contributed by atoms with Crippen LogP contribution in [0, 0.1) is 0 Å². The fraction of sp³-hybridized carbons (Fsp3) is 0.200. The molecule has 0 amide bonds. The first-order valence-electron chi connectivity index (χ1n) is 7.57. The Kier molecular flexibility index (Phi) is 5.32. The quantitative estimate of drug-likeness (QED) is 0.745. The maximum absolute atomic E-state index is 13.0. The van der Waals surface area contributed by atoms with Crippen molar-refractivity contribution >= 4 is 38.0 Å². The molecule has 0 spiro atoms. The largest absolute Gasteiger partial charge is 0.494 e. The number of ketones is 1. The van der Waals surface area contributed by atoms with Gasteiger partial charge in [-0.2, -0.15) is 21.6 Å². The number of hydrazine groups is 1. The highest BCUT2D eigenvalue weighted by Crippen LogP contribution is 2.38. The van der Waals surface area contributed by atoms with Gasteiger partial charge in [-0.15, -0.1) is 11.3 Å². The van der Waals surface area contributed by atoms with Crippen molar-refractivity contribution in [2.75, 3.05) is 23.4 Å². The third-order valence-corrected chi connectivity index (χ3v) is 5.72. The van der Waals surface area contributed by atoms with Crippen LogP contribution in [0.2, 0.25) is 0 Å². The molecule has 1 aliphatic rings. The van der Waals surface area contributed by atoms with E-state index in [9.17, 15) is 26.4 Å². The number of ether oxygens (including phenoxy) is 1. The molecule has 0 bridgehead atoms. The van der Waals surface area contributed by atoms with Crippen molar-refractivity contribution in [1.82, 2.24) is 10.4 Å². The molecule has 0 radical (unpaired) electrons. The number of carbonyl (C=O) groups excluding carboxylic acids is 1. The summed E-state index contributed by atoms with van der Waals surface area (Å²) in [6, 6.07) is 2.58. The molecular formula is C15H13F3N4O4S2. The number of hydrogen-bond donors (Lipinski definition) is 2. The van der Waals surface area contributed by atoms with Crippen LogP contribution in [-0.2, 0) is 21.0 Å². The van der Waals surface area contributed by atoms with Crippen molar-refractivity contribution in [3.63, 3.8) is 0 Å². The van der Waals surface area contributed by atoms with E-state index in [1.54, 1.807) is 5.38 Å². The first-order valence-corrected chi connectivity index (χ1v) is 9.94. The number of sulfonamides is 1. The van der Waals surface area contributed by atoms with Gasteiger partial charge in [-0.05, 0) is 18.2 Å². The Morgan fingerprint density at radius 3 is 2.71 bits per heavy atom. The lowest BCUT2D eigenvalue weighted by Gasteiger charge is -2.31. The minimum absolute atomic E-state index is 0.0150. The molecule has 0 fully saturated rings. The maximum atomic E-state index is 13.0. The number of aromatic nitrogens is 1. The highest BCUT2D eigenvalue weighted by atomic mass is 32.2. The van der Waals surface area contributed by atoms with E-state index in [2.05, 4.69) is 15.1 Å². The summed E-state index contributed by atoms with van der Waals surface area (Å²) >= 11 is 1.02. The number of methoxy groups -OCH3 is 1. The number of anilines is 2. The number of hydrogen-bond acceptors (Lipinski definition) is 8. The summed E-state index contributed by atoms with van der Waals surface area (Å²) in [6.45, 7) is -0.250. The number of alkyl halides is 3. The molecule has 0 saturated heterocycles. The predicted molar refractivity (Wildman–Crippen MR) is 96.2 cm³/mol. The first kappa shape index (κ1) is 20.1. The van der Waals surface area contributed by atoms with Crippen LogP contribution in [0.4, 0.5) is 24.0 Å². The van der Waals surface area contributed by atoms with Gasteiger partial charge < -0.3 is 4.74 Å². The molecule has 0 saturated carbocycles. The third-order valence-electron chi connectivity index (χ3n) is 3.59. The zero-order valence-corrected chi connectivity index (χ0v) is 15.8. The van der Waals surface area contributed by atoms with Crippen molar-refractivity contribution in [3.05, 3.63) is 46.4 Å². The lowest BCUT2D eigenvalue weighted by Crippen LogP contribution is -2.47. The van der Waals surface area contributed by atoms with Gasteiger partial charge in [0.05, 0.1) is 19.2 Å². The smallest absolute Gasteiger partial charge is 0.416 e. The van der Waals surface area contributed by atoms with Crippen LogP contribution in [0.15, 0.2) is 40.9 Å². The molecule has 1 aliphatic heterocycles. The summed E-state index contributed by atoms with van der Waals surface area (Å²) < 4.78 is 71.6. The molecule has 2 N–H and O–H groups in total. The second-order valence-corrected chi connectivity index (χ2v) is 7.97. The van der Waals surface area contributed by atoms with E-state index in [0.29, 0.717) is 0 Å². The molecule has 1 aromatic heterocycles. The van der Waals surface area contributed by atoms with Gasteiger partial charge in [-0.3, -0.25) is 14.5 Å². The molecule has 1 aromatic carbocycles. The predicted octanol–water partition coefficient (Wildman–Crippen LogP) is 2.35. The van der Waals surface area contributed by atoms with Crippen LogP contribution in [0.25, 0.3) is 0 Å². The third kappa shape index (κ3) is 4.10. The molecule has 150 valence electrons. The van der Waals surface area contributed by atoms with E-state index in [-0.39, 0.29) is 23.1 Å². The standard InChI is InChI=1S/C15H13F3N4O4S2/c1-26-12-6-9(15(16,17)18)2-3-11(12)22-13(7-10(23)8-20-22)28(24,25)21-14-19-4-5-27-14/h2-7,20H,8H2,1H3,(H,19,21). The molecule has 0 unspecified atom stereocenters. The second kappa shape index (κ2) is 7.41. The first-order chi connectivity index (χ1) is 13.1. The summed E-state index contributed by atoms with van der Waals surface area (Å²) in [4.78, 5) is 15.6. The van der Waals surface area contributed by atoms with Gasteiger partial charge in [0.2, 0.25) is 0 Å². The van der Waals surface area contributed by atoms with Gasteiger partial charge in [0.15, 0.2) is 15.9 Å². The maximum Gasteiger partial charge on any atom is 0.416 e. The Labute approximate surface area is 161 Å². The Hall–Kier alpha value is -2.64. The molecule has 2 heterocycles. The molecule has 8 nitrogen and oxygen atoms in total. The summed E-state index contributed by atoms with van der Waals surface area (Å²) in [5.74, 6) is -0.756. The Bertz CT molecular complexity index is 1020. The van der Waals surface area contributed by atoms with Gasteiger partial charge >= 0.3 is 6.18 Å². The Balaban J connectivity index is 2.05. The van der Waals surface area contributed by atoms with E-state index in [4.69, 9.17) is 4.74 Å². The Morgan fingerprint density at radius 1 is 1.36 bits per heavy atom. The van der Waals surface area contributed by atoms with E-state index in [1.807, 2.05) is 0 Å². The molecule has 0 atom stereocenters. The molecule has 3 rings (SSSR count). The van der Waals surface area contributed by atoms with Crippen molar-refractivity contribution in [3.8, 4) is 5.75 Å². The average molecular weight is 434 g/mol. The van der Waals surface area contributed by atoms with Crippen molar-refractivity contribution in [2.45, 2.75) is 6.18 Å². The summed E-state index contributed by atoms with van der Waals surface area (Å²) in [6.07, 6.45) is -2.34. The van der Waals surface area contributed by atoms with Gasteiger partial charge in [0, 0.05) is 17.7 Å². The zero-order chi connectivity index (χ0) is 20.5. The topological polar surface area (TPSA) is 101 Å². The lowest BCUT2D eigenvalue weighted by molar-refractivity contribution is -0.137. The number of nitrogens with one attached hydrogen (secondary N) is 2. The highest BCUT2D eigenvalue weighted by Gasteiger charge is 2.35. The van der Waals surface area contributed by atoms with Crippen LogP contribution in [0.3, 0.4) is 0 Å². The fourth-order valence-electron chi connectivity index (χ4n) is 2.37. The molecule has 28 heavy (non-hydrogen) atoms. The monoisotopic (exact) mass is 434 g/mol. The van der Waals surface area contributed by atoms with Gasteiger partial charge in [-0.1, -0.05) is 0 Å². The number of benzene rings is 1. The van der Waals surface area contributed by atoms with Crippen molar-refractivity contribution in [2.24, 2.45) is 0 Å². The van der Waals surface area contributed by atoms with Crippen LogP contribution in [0.5, 0.6) is 5.75 Å². The normalized spacial score (nSPS) is 15.4. The molecule has 2 aromatic rings. The zero-order valence-electron chi connectivity index (χ0n) is 14.1. The number of nitrogens with zero attached hydrogens (tertiary/aromatic N) is 2. The summed E-state index contributed by atoms with van der Waals surface area (Å²) in [5, 5.41) is 2.10. The van der Waals surface area contributed by atoms with Crippen molar-refractivity contribution in [1.29, 1.82) is 0 Å². The van der Waals surface area contributed by atoms with E-state index in [0.717, 1.165) is 47.7 Å². The lowest BCUT2D eigenvalue weighted by atomic mass is 10.1. The Morgan fingerprint density at radius 2 is 2.11 bits per heavy atom.